The maximum absolute atomic E-state index is 11.5. The summed E-state index contributed by atoms with van der Waals surface area (Å²) in [6.45, 7) is 3.26. The molecule has 0 saturated heterocycles. The molecule has 17 heavy (non-hydrogen) atoms. The third-order valence-electron chi connectivity index (χ3n) is 2.56. The van der Waals surface area contributed by atoms with Crippen LogP contribution in [0.1, 0.15) is 19.4 Å². The van der Waals surface area contributed by atoms with Crippen molar-refractivity contribution in [3.8, 4) is 0 Å². The highest BCUT2D eigenvalue weighted by molar-refractivity contribution is 5.85. The van der Waals surface area contributed by atoms with E-state index in [1.807, 2.05) is 24.3 Å². The highest BCUT2D eigenvalue weighted by Crippen LogP contribution is 2.20. The van der Waals surface area contributed by atoms with E-state index in [1.54, 1.807) is 6.26 Å². The van der Waals surface area contributed by atoms with Gasteiger partial charge in [-0.15, -0.1) is 0 Å². The number of furan rings is 1. The Labute approximate surface area is 99.2 Å². The van der Waals surface area contributed by atoms with E-state index in [4.69, 9.17) is 4.42 Å². The summed E-state index contributed by atoms with van der Waals surface area (Å²) in [6.07, 6.45) is 1.62. The van der Waals surface area contributed by atoms with Crippen LogP contribution in [0.3, 0.4) is 0 Å². The van der Waals surface area contributed by atoms with Crippen LogP contribution in [0.5, 0.6) is 0 Å². The summed E-state index contributed by atoms with van der Waals surface area (Å²) in [5.41, 5.74) is 0.331. The number of carbonyl (C=O) groups excluding carboxylic acids is 1. The molecule has 1 aromatic carbocycles. The molecule has 0 saturated carbocycles. The highest BCUT2D eigenvalue weighted by atomic mass is 16.3. The fourth-order valence-electron chi connectivity index (χ4n) is 1.56. The molecule has 0 fully saturated rings. The van der Waals surface area contributed by atoms with Crippen LogP contribution in [0, 0.1) is 0 Å². The van der Waals surface area contributed by atoms with Crippen molar-refractivity contribution in [1.82, 2.24) is 5.32 Å². The van der Waals surface area contributed by atoms with Crippen LogP contribution < -0.4 is 5.32 Å². The van der Waals surface area contributed by atoms with Crippen LogP contribution in [0.2, 0.25) is 0 Å². The van der Waals surface area contributed by atoms with Gasteiger partial charge in [0.1, 0.15) is 11.2 Å². The Kier molecular flexibility index (Phi) is 2.90. The summed E-state index contributed by atoms with van der Waals surface area (Å²) in [6, 6.07) is 7.62. The molecule has 0 spiro atoms. The van der Waals surface area contributed by atoms with Gasteiger partial charge >= 0.3 is 0 Å². The highest BCUT2D eigenvalue weighted by Gasteiger charge is 2.23. The average molecular weight is 233 g/mol. The topological polar surface area (TPSA) is 62.5 Å². The van der Waals surface area contributed by atoms with Gasteiger partial charge in [0.05, 0.1) is 6.26 Å². The summed E-state index contributed by atoms with van der Waals surface area (Å²) in [5, 5.41) is 13.1. The summed E-state index contributed by atoms with van der Waals surface area (Å²) in [4.78, 5) is 11.5. The summed E-state index contributed by atoms with van der Waals surface area (Å²) in [5.74, 6) is -0.400. The molecule has 4 nitrogen and oxygen atoms in total. The van der Waals surface area contributed by atoms with Gasteiger partial charge in [0.15, 0.2) is 0 Å². The number of hydrogen-bond donors (Lipinski definition) is 2. The van der Waals surface area contributed by atoms with E-state index in [2.05, 4.69) is 5.32 Å². The SMILES string of the molecule is CC(C)(O)C(=O)NCc1coc2ccccc12. The molecular formula is C13H15NO3. The molecule has 4 heteroatoms. The lowest BCUT2D eigenvalue weighted by Gasteiger charge is -2.16. The molecule has 2 aromatic rings. The maximum Gasteiger partial charge on any atom is 0.251 e. The molecule has 2 rings (SSSR count). The van der Waals surface area contributed by atoms with Gasteiger partial charge < -0.3 is 14.8 Å². The summed E-state index contributed by atoms with van der Waals surface area (Å²) in [7, 11) is 0. The first-order valence-electron chi connectivity index (χ1n) is 5.44. The van der Waals surface area contributed by atoms with Gasteiger partial charge in [-0.05, 0) is 19.9 Å². The van der Waals surface area contributed by atoms with E-state index in [0.717, 1.165) is 16.5 Å². The number of para-hydroxylation sites is 1. The number of hydrogen-bond acceptors (Lipinski definition) is 3. The summed E-state index contributed by atoms with van der Waals surface area (Å²) < 4.78 is 5.35. The Morgan fingerprint density at radius 3 is 2.82 bits per heavy atom. The molecule has 0 aliphatic carbocycles. The lowest BCUT2D eigenvalue weighted by molar-refractivity contribution is -0.136. The van der Waals surface area contributed by atoms with E-state index in [1.165, 1.54) is 13.8 Å². The van der Waals surface area contributed by atoms with Gasteiger partial charge in [-0.2, -0.15) is 0 Å². The van der Waals surface area contributed by atoms with Gasteiger partial charge in [-0.1, -0.05) is 18.2 Å². The zero-order valence-corrected chi connectivity index (χ0v) is 9.86. The molecule has 1 heterocycles. The maximum atomic E-state index is 11.5. The van der Waals surface area contributed by atoms with E-state index in [9.17, 15) is 9.90 Å². The van der Waals surface area contributed by atoms with E-state index in [-0.39, 0.29) is 0 Å². The molecular weight excluding hydrogens is 218 g/mol. The number of carbonyl (C=O) groups is 1. The molecule has 0 aliphatic heterocycles. The van der Waals surface area contributed by atoms with Crippen LogP contribution >= 0.6 is 0 Å². The normalized spacial score (nSPS) is 11.7. The van der Waals surface area contributed by atoms with Crippen LogP contribution in [0.4, 0.5) is 0 Å². The Morgan fingerprint density at radius 1 is 1.41 bits per heavy atom. The molecule has 0 unspecified atom stereocenters. The van der Waals surface area contributed by atoms with Crippen LogP contribution in [0.15, 0.2) is 34.9 Å². The first kappa shape index (κ1) is 11.7. The molecule has 1 amide bonds. The van der Waals surface area contributed by atoms with Gasteiger partial charge in [0.2, 0.25) is 0 Å². The lowest BCUT2D eigenvalue weighted by atomic mass is 10.1. The number of benzene rings is 1. The standard InChI is InChI=1S/C13H15NO3/c1-13(2,16)12(15)14-7-9-8-17-11-6-4-3-5-10(9)11/h3-6,8,16H,7H2,1-2H3,(H,14,15). The molecule has 0 radical (unpaired) electrons. The second-order valence-corrected chi connectivity index (χ2v) is 4.50. The lowest BCUT2D eigenvalue weighted by Crippen LogP contribution is -2.41. The van der Waals surface area contributed by atoms with Crippen molar-refractivity contribution in [3.05, 3.63) is 36.1 Å². The molecule has 0 aliphatic rings. The van der Waals surface area contributed by atoms with Crippen LogP contribution in [-0.2, 0) is 11.3 Å². The molecule has 2 N–H and O–H groups in total. The molecule has 0 atom stereocenters. The third kappa shape index (κ3) is 2.47. The molecule has 1 aromatic heterocycles. The first-order chi connectivity index (χ1) is 7.98. The van der Waals surface area contributed by atoms with E-state index in [0.29, 0.717) is 6.54 Å². The largest absolute Gasteiger partial charge is 0.464 e. The zero-order chi connectivity index (χ0) is 12.5. The van der Waals surface area contributed by atoms with Crippen LogP contribution in [-0.4, -0.2) is 16.6 Å². The average Bonchev–Trinajstić information content (AvgIpc) is 2.68. The summed E-state index contributed by atoms with van der Waals surface area (Å²) >= 11 is 0. The van der Waals surface area contributed by atoms with Gasteiger partial charge in [0.25, 0.3) is 5.91 Å². The van der Waals surface area contributed by atoms with Crippen molar-refractivity contribution >= 4 is 16.9 Å². The van der Waals surface area contributed by atoms with Crippen molar-refractivity contribution in [1.29, 1.82) is 0 Å². The third-order valence-corrected chi connectivity index (χ3v) is 2.56. The Balaban J connectivity index is 2.12. The minimum absolute atomic E-state index is 0.347. The predicted molar refractivity (Wildman–Crippen MR) is 64.4 cm³/mol. The van der Waals surface area contributed by atoms with E-state index < -0.39 is 11.5 Å². The number of fused-ring (bicyclic) bond motifs is 1. The van der Waals surface area contributed by atoms with Crippen molar-refractivity contribution < 1.29 is 14.3 Å². The Hall–Kier alpha value is -1.81. The van der Waals surface area contributed by atoms with Crippen molar-refractivity contribution in [2.24, 2.45) is 0 Å². The second kappa shape index (κ2) is 4.22. The van der Waals surface area contributed by atoms with Crippen molar-refractivity contribution in [3.63, 3.8) is 0 Å². The minimum Gasteiger partial charge on any atom is -0.464 e. The number of amides is 1. The molecule has 0 bridgehead atoms. The number of rotatable bonds is 3. The molecule has 90 valence electrons. The fraction of sp³-hybridized carbons (Fsp3) is 0.308. The van der Waals surface area contributed by atoms with Gasteiger partial charge in [0, 0.05) is 17.5 Å². The minimum atomic E-state index is -1.36. The Bertz CT molecular complexity index is 537. The predicted octanol–water partition coefficient (Wildman–Crippen LogP) is 1.82. The smallest absolute Gasteiger partial charge is 0.251 e. The fourth-order valence-corrected chi connectivity index (χ4v) is 1.56. The quantitative estimate of drug-likeness (QED) is 0.850. The monoisotopic (exact) mass is 233 g/mol. The van der Waals surface area contributed by atoms with Crippen molar-refractivity contribution in [2.75, 3.05) is 0 Å². The number of aliphatic hydroxyl groups is 1. The Morgan fingerprint density at radius 2 is 2.12 bits per heavy atom. The van der Waals surface area contributed by atoms with Crippen LogP contribution in [0.25, 0.3) is 11.0 Å². The van der Waals surface area contributed by atoms with E-state index >= 15 is 0 Å². The number of nitrogens with one attached hydrogen (secondary N) is 1. The second-order valence-electron chi connectivity index (χ2n) is 4.50. The first-order valence-corrected chi connectivity index (χ1v) is 5.44. The van der Waals surface area contributed by atoms with Gasteiger partial charge in [-0.3, -0.25) is 4.79 Å². The van der Waals surface area contributed by atoms with Gasteiger partial charge in [-0.25, -0.2) is 0 Å². The van der Waals surface area contributed by atoms with Crippen molar-refractivity contribution in [2.45, 2.75) is 26.0 Å². The zero-order valence-electron chi connectivity index (χ0n) is 9.86.